The molecular formula is C12H9N5S. The molecule has 2 heterocycles. The molecule has 0 saturated heterocycles. The summed E-state index contributed by atoms with van der Waals surface area (Å²) < 4.78 is 0. The topological polar surface area (TPSA) is 77.4 Å². The number of nitrogens with one attached hydrogen (secondary N) is 2. The number of rotatable bonds is 2. The van der Waals surface area contributed by atoms with Crippen LogP contribution in [0.15, 0.2) is 24.5 Å². The van der Waals surface area contributed by atoms with E-state index in [9.17, 15) is 0 Å². The van der Waals surface area contributed by atoms with E-state index in [1.54, 1.807) is 13.4 Å². The van der Waals surface area contributed by atoms with Crippen molar-refractivity contribution in [2.24, 2.45) is 0 Å². The number of nitrogens with zero attached hydrogens (tertiary/aromatic N) is 3. The molecule has 0 fully saturated rings. The third-order valence-corrected chi connectivity index (χ3v) is 3.61. The van der Waals surface area contributed by atoms with Gasteiger partial charge in [0.15, 0.2) is 5.13 Å². The Hall–Kier alpha value is -2.39. The number of aromatic amines is 1. The number of anilines is 1. The van der Waals surface area contributed by atoms with Crippen molar-refractivity contribution >= 4 is 27.5 Å². The number of H-pyrrole nitrogens is 1. The van der Waals surface area contributed by atoms with Gasteiger partial charge in [-0.25, -0.2) is 9.97 Å². The lowest BCUT2D eigenvalue weighted by atomic mass is 10.1. The Balaban J connectivity index is 2.18. The van der Waals surface area contributed by atoms with E-state index in [0.29, 0.717) is 10.6 Å². The number of benzene rings is 1. The molecule has 2 N–H and O–H groups in total. The first-order valence-electron chi connectivity index (χ1n) is 5.34. The van der Waals surface area contributed by atoms with Gasteiger partial charge in [-0.05, 0) is 12.1 Å². The second-order valence-electron chi connectivity index (χ2n) is 3.69. The Kier molecular flexibility index (Phi) is 2.46. The van der Waals surface area contributed by atoms with Crippen LogP contribution in [0.1, 0.15) is 4.88 Å². The van der Waals surface area contributed by atoms with Gasteiger partial charge in [0.05, 0.1) is 17.4 Å². The SMILES string of the molecule is CNc1nc(-c2ccc3nc[nH]c3c2)c(C#N)s1. The number of fused-ring (bicyclic) bond motifs is 1. The molecular weight excluding hydrogens is 246 g/mol. The second kappa shape index (κ2) is 4.13. The summed E-state index contributed by atoms with van der Waals surface area (Å²) in [4.78, 5) is 12.2. The predicted octanol–water partition coefficient (Wildman–Crippen LogP) is 2.60. The normalized spacial score (nSPS) is 10.4. The molecule has 18 heavy (non-hydrogen) atoms. The number of imidazole rings is 1. The molecule has 0 bridgehead atoms. The summed E-state index contributed by atoms with van der Waals surface area (Å²) in [5, 5.41) is 12.8. The molecule has 88 valence electrons. The number of hydrogen-bond donors (Lipinski definition) is 2. The molecule has 2 aromatic heterocycles. The van der Waals surface area contributed by atoms with Gasteiger partial charge in [0.25, 0.3) is 0 Å². The lowest BCUT2D eigenvalue weighted by molar-refractivity contribution is 1.34. The van der Waals surface area contributed by atoms with Crippen molar-refractivity contribution in [2.75, 3.05) is 12.4 Å². The van der Waals surface area contributed by atoms with Gasteiger partial charge in [-0.1, -0.05) is 17.4 Å². The Bertz CT molecular complexity index is 749. The van der Waals surface area contributed by atoms with Crippen LogP contribution in [0, 0.1) is 11.3 Å². The zero-order valence-corrected chi connectivity index (χ0v) is 10.4. The van der Waals surface area contributed by atoms with Crippen LogP contribution in [0.25, 0.3) is 22.3 Å². The fraction of sp³-hybridized carbons (Fsp3) is 0.0833. The zero-order chi connectivity index (χ0) is 12.5. The first-order chi connectivity index (χ1) is 8.81. The molecule has 5 nitrogen and oxygen atoms in total. The molecule has 0 aliphatic heterocycles. The highest BCUT2D eigenvalue weighted by molar-refractivity contribution is 7.16. The standard InChI is InChI=1S/C12H9N5S/c1-14-12-17-11(10(5-13)18-12)7-2-3-8-9(4-7)16-6-15-8/h2-4,6H,1H3,(H,14,17)(H,15,16). The monoisotopic (exact) mass is 255 g/mol. The van der Waals surface area contributed by atoms with Gasteiger partial charge in [-0.2, -0.15) is 5.26 Å². The van der Waals surface area contributed by atoms with Crippen molar-refractivity contribution in [3.05, 3.63) is 29.4 Å². The van der Waals surface area contributed by atoms with E-state index in [1.165, 1.54) is 11.3 Å². The van der Waals surface area contributed by atoms with E-state index < -0.39 is 0 Å². The summed E-state index contributed by atoms with van der Waals surface area (Å²) in [5.74, 6) is 0. The van der Waals surface area contributed by atoms with Crippen molar-refractivity contribution in [3.8, 4) is 17.3 Å². The van der Waals surface area contributed by atoms with Crippen molar-refractivity contribution in [3.63, 3.8) is 0 Å². The average molecular weight is 255 g/mol. The Morgan fingerprint density at radius 1 is 1.44 bits per heavy atom. The minimum absolute atomic E-state index is 0.609. The molecule has 3 aromatic rings. The summed E-state index contributed by atoms with van der Waals surface area (Å²) in [6.45, 7) is 0. The summed E-state index contributed by atoms with van der Waals surface area (Å²) in [6.07, 6.45) is 1.65. The number of aromatic nitrogens is 3. The second-order valence-corrected chi connectivity index (χ2v) is 4.69. The van der Waals surface area contributed by atoms with Crippen LogP contribution in [0.3, 0.4) is 0 Å². The summed E-state index contributed by atoms with van der Waals surface area (Å²) in [7, 11) is 1.79. The molecule has 6 heteroatoms. The van der Waals surface area contributed by atoms with E-state index in [2.05, 4.69) is 26.3 Å². The van der Waals surface area contributed by atoms with Crippen LogP contribution in [-0.2, 0) is 0 Å². The van der Waals surface area contributed by atoms with Crippen LogP contribution in [0.2, 0.25) is 0 Å². The number of nitriles is 1. The average Bonchev–Trinajstić information content (AvgIpc) is 3.03. The quantitative estimate of drug-likeness (QED) is 0.737. The van der Waals surface area contributed by atoms with Gasteiger partial charge >= 0.3 is 0 Å². The van der Waals surface area contributed by atoms with Gasteiger partial charge in [0, 0.05) is 12.6 Å². The van der Waals surface area contributed by atoms with E-state index in [4.69, 9.17) is 5.26 Å². The Labute approximate surface area is 107 Å². The maximum absolute atomic E-state index is 9.13. The predicted molar refractivity (Wildman–Crippen MR) is 71.5 cm³/mol. The number of hydrogen-bond acceptors (Lipinski definition) is 5. The van der Waals surface area contributed by atoms with Crippen LogP contribution in [0.5, 0.6) is 0 Å². The van der Waals surface area contributed by atoms with Gasteiger partial charge in [-0.3, -0.25) is 0 Å². The lowest BCUT2D eigenvalue weighted by Crippen LogP contribution is -1.86. The van der Waals surface area contributed by atoms with Crippen LogP contribution in [-0.4, -0.2) is 22.0 Å². The van der Waals surface area contributed by atoms with Crippen molar-refractivity contribution in [1.29, 1.82) is 5.26 Å². The fourth-order valence-electron chi connectivity index (χ4n) is 1.78. The Morgan fingerprint density at radius 2 is 2.33 bits per heavy atom. The number of thiazole rings is 1. The van der Waals surface area contributed by atoms with Crippen LogP contribution < -0.4 is 5.32 Å². The smallest absolute Gasteiger partial charge is 0.184 e. The van der Waals surface area contributed by atoms with E-state index in [-0.39, 0.29) is 0 Å². The van der Waals surface area contributed by atoms with Crippen LogP contribution >= 0.6 is 11.3 Å². The third-order valence-electron chi connectivity index (χ3n) is 2.64. The molecule has 0 aliphatic rings. The minimum atomic E-state index is 0.609. The molecule has 3 rings (SSSR count). The van der Waals surface area contributed by atoms with E-state index >= 15 is 0 Å². The highest BCUT2D eigenvalue weighted by Crippen LogP contribution is 2.31. The maximum Gasteiger partial charge on any atom is 0.184 e. The van der Waals surface area contributed by atoms with Crippen molar-refractivity contribution < 1.29 is 0 Å². The molecule has 0 atom stereocenters. The zero-order valence-electron chi connectivity index (χ0n) is 9.56. The largest absolute Gasteiger partial charge is 0.365 e. The molecule has 0 unspecified atom stereocenters. The van der Waals surface area contributed by atoms with Crippen LogP contribution in [0.4, 0.5) is 5.13 Å². The Morgan fingerprint density at radius 3 is 3.11 bits per heavy atom. The van der Waals surface area contributed by atoms with Crippen molar-refractivity contribution in [1.82, 2.24) is 15.0 Å². The summed E-state index contributed by atoms with van der Waals surface area (Å²) >= 11 is 1.35. The van der Waals surface area contributed by atoms with Gasteiger partial charge in [0.2, 0.25) is 0 Å². The highest BCUT2D eigenvalue weighted by Gasteiger charge is 2.12. The fourth-order valence-corrected chi connectivity index (χ4v) is 2.52. The first kappa shape index (κ1) is 10.7. The highest BCUT2D eigenvalue weighted by atomic mass is 32.1. The van der Waals surface area contributed by atoms with Crippen molar-refractivity contribution in [2.45, 2.75) is 0 Å². The molecule has 0 amide bonds. The van der Waals surface area contributed by atoms with E-state index in [0.717, 1.165) is 21.7 Å². The molecule has 0 spiro atoms. The van der Waals surface area contributed by atoms with Gasteiger partial charge in [0.1, 0.15) is 16.6 Å². The molecule has 0 saturated carbocycles. The minimum Gasteiger partial charge on any atom is -0.365 e. The molecule has 0 aliphatic carbocycles. The van der Waals surface area contributed by atoms with Gasteiger partial charge in [-0.15, -0.1) is 0 Å². The third kappa shape index (κ3) is 1.61. The van der Waals surface area contributed by atoms with Gasteiger partial charge < -0.3 is 10.3 Å². The van der Waals surface area contributed by atoms with E-state index in [1.807, 2.05) is 18.2 Å². The molecule has 1 aromatic carbocycles. The molecule has 0 radical (unpaired) electrons. The lowest BCUT2D eigenvalue weighted by Gasteiger charge is -1.97. The summed E-state index contributed by atoms with van der Waals surface area (Å²) in [5.41, 5.74) is 3.47. The first-order valence-corrected chi connectivity index (χ1v) is 6.15. The maximum atomic E-state index is 9.13. The summed E-state index contributed by atoms with van der Waals surface area (Å²) in [6, 6.07) is 7.98.